The second-order valence-corrected chi connectivity index (χ2v) is 12.7. The van der Waals surface area contributed by atoms with Crippen molar-refractivity contribution in [1.29, 1.82) is 0 Å². The number of ether oxygens (including phenoxy) is 3. The molecule has 0 N–H and O–H groups in total. The molecule has 0 amide bonds. The number of hydrogen-bond acceptors (Lipinski definition) is 4. The molecular weight excluding hydrogens is 284 g/mol. The van der Waals surface area contributed by atoms with Crippen LogP contribution in [0.4, 0.5) is 0 Å². The maximum absolute atomic E-state index is 6.26. The Balaban J connectivity index is 2.03. The number of fused-ring (bicyclic) bond motifs is 1. The van der Waals surface area contributed by atoms with E-state index in [-0.39, 0.29) is 29.5 Å². The van der Waals surface area contributed by atoms with E-state index in [0.717, 1.165) is 0 Å². The first-order chi connectivity index (χ1) is 9.47. The van der Waals surface area contributed by atoms with Crippen LogP contribution < -0.4 is 0 Å². The maximum Gasteiger partial charge on any atom is 0.192 e. The number of hydrogen-bond donors (Lipinski definition) is 0. The van der Waals surface area contributed by atoms with Crippen LogP contribution >= 0.6 is 0 Å². The van der Waals surface area contributed by atoms with Gasteiger partial charge in [-0.1, -0.05) is 26.7 Å². The summed E-state index contributed by atoms with van der Waals surface area (Å²) in [7, 11) is -1.81. The Bertz CT molecular complexity index is 433. The van der Waals surface area contributed by atoms with Gasteiger partial charge in [0.25, 0.3) is 0 Å². The highest BCUT2D eigenvalue weighted by Gasteiger charge is 2.55. The number of rotatable bonds is 3. The van der Waals surface area contributed by atoms with Crippen LogP contribution in [0.2, 0.25) is 18.1 Å². The molecule has 2 fully saturated rings. The van der Waals surface area contributed by atoms with Gasteiger partial charge in [-0.3, -0.25) is 0 Å². The van der Waals surface area contributed by atoms with Crippen molar-refractivity contribution >= 4 is 8.32 Å². The molecule has 0 aromatic carbocycles. The van der Waals surface area contributed by atoms with Crippen LogP contribution in [0.3, 0.4) is 0 Å². The Morgan fingerprint density at radius 2 is 1.76 bits per heavy atom. The molecule has 2 aliphatic rings. The van der Waals surface area contributed by atoms with Gasteiger partial charge >= 0.3 is 0 Å². The van der Waals surface area contributed by atoms with E-state index < -0.39 is 14.1 Å². The van der Waals surface area contributed by atoms with Crippen LogP contribution in [-0.4, -0.2) is 45.1 Å². The van der Waals surface area contributed by atoms with Gasteiger partial charge in [-0.2, -0.15) is 0 Å². The Morgan fingerprint density at radius 3 is 2.29 bits per heavy atom. The van der Waals surface area contributed by atoms with Crippen LogP contribution in [0, 0.1) is 12.3 Å². The molecular formula is C16H28O4Si. The molecule has 0 unspecified atom stereocenters. The van der Waals surface area contributed by atoms with E-state index in [2.05, 4.69) is 39.8 Å². The lowest BCUT2D eigenvalue weighted by molar-refractivity contribution is -0.183. The van der Waals surface area contributed by atoms with Crippen molar-refractivity contribution in [3.8, 4) is 12.3 Å². The smallest absolute Gasteiger partial charge is 0.192 e. The summed E-state index contributed by atoms with van der Waals surface area (Å²) in [5, 5.41) is 0.169. The molecule has 4 atom stereocenters. The van der Waals surface area contributed by atoms with Crippen LogP contribution in [0.1, 0.15) is 34.6 Å². The lowest BCUT2D eigenvalue weighted by Gasteiger charge is -2.37. The fourth-order valence-corrected chi connectivity index (χ4v) is 3.47. The van der Waals surface area contributed by atoms with Gasteiger partial charge in [0, 0.05) is 0 Å². The minimum absolute atomic E-state index is 0.147. The highest BCUT2D eigenvalue weighted by molar-refractivity contribution is 6.74. The summed E-state index contributed by atoms with van der Waals surface area (Å²) in [4.78, 5) is 0. The monoisotopic (exact) mass is 312 g/mol. The van der Waals surface area contributed by atoms with Gasteiger partial charge in [0.05, 0.1) is 6.61 Å². The SMILES string of the molecule is C#C[C@H]1O[C@H](CO[Si](C)(C)C(C)(C)C)[C@H]2OC(C)(C)O[C@H]21. The largest absolute Gasteiger partial charge is 0.414 e. The molecule has 0 aromatic rings. The topological polar surface area (TPSA) is 36.9 Å². The summed E-state index contributed by atoms with van der Waals surface area (Å²) in [6.07, 6.45) is 4.69. The molecule has 0 radical (unpaired) electrons. The minimum Gasteiger partial charge on any atom is -0.414 e. The van der Waals surface area contributed by atoms with Crippen molar-refractivity contribution in [2.24, 2.45) is 0 Å². The van der Waals surface area contributed by atoms with Gasteiger partial charge in [0.15, 0.2) is 14.1 Å². The fraction of sp³-hybridized carbons (Fsp3) is 0.875. The maximum atomic E-state index is 6.26. The zero-order valence-electron chi connectivity index (χ0n) is 14.2. The normalized spacial score (nSPS) is 35.5. The molecule has 0 aromatic heterocycles. The van der Waals surface area contributed by atoms with Crippen molar-refractivity contribution in [2.45, 2.75) is 83.0 Å². The van der Waals surface area contributed by atoms with Gasteiger partial charge < -0.3 is 18.6 Å². The third kappa shape index (κ3) is 3.35. The van der Waals surface area contributed by atoms with Crippen LogP contribution in [0.15, 0.2) is 0 Å². The molecule has 2 heterocycles. The summed E-state index contributed by atoms with van der Waals surface area (Å²) < 4.78 is 24.0. The highest BCUT2D eigenvalue weighted by Crippen LogP contribution is 2.40. The van der Waals surface area contributed by atoms with Gasteiger partial charge in [-0.15, -0.1) is 6.42 Å². The van der Waals surface area contributed by atoms with Gasteiger partial charge in [0.2, 0.25) is 0 Å². The molecule has 4 nitrogen and oxygen atoms in total. The minimum atomic E-state index is -1.81. The van der Waals surface area contributed by atoms with E-state index in [9.17, 15) is 0 Å². The van der Waals surface area contributed by atoms with Crippen molar-refractivity contribution in [2.75, 3.05) is 6.61 Å². The molecule has 0 aliphatic carbocycles. The van der Waals surface area contributed by atoms with Gasteiger partial charge in [0.1, 0.15) is 24.4 Å². The molecule has 2 saturated heterocycles. The zero-order valence-corrected chi connectivity index (χ0v) is 15.2. The lowest BCUT2D eigenvalue weighted by atomic mass is 10.1. The average molecular weight is 312 g/mol. The lowest BCUT2D eigenvalue weighted by Crippen LogP contribution is -2.44. The van der Waals surface area contributed by atoms with E-state index in [1.54, 1.807) is 0 Å². The molecule has 21 heavy (non-hydrogen) atoms. The quantitative estimate of drug-likeness (QED) is 0.593. The van der Waals surface area contributed by atoms with Crippen molar-refractivity contribution in [3.05, 3.63) is 0 Å². The van der Waals surface area contributed by atoms with Gasteiger partial charge in [-0.25, -0.2) is 0 Å². The molecule has 0 spiro atoms. The Hall–Kier alpha value is -0.383. The summed E-state index contributed by atoms with van der Waals surface area (Å²) in [6.45, 7) is 15.5. The molecule has 2 aliphatic heterocycles. The predicted molar refractivity (Wildman–Crippen MR) is 84.5 cm³/mol. The van der Waals surface area contributed by atoms with E-state index in [1.807, 2.05) is 13.8 Å². The third-order valence-electron chi connectivity index (χ3n) is 4.73. The summed E-state index contributed by atoms with van der Waals surface area (Å²) in [5.74, 6) is 2.05. The van der Waals surface area contributed by atoms with E-state index >= 15 is 0 Å². The Labute approximate surface area is 129 Å². The second-order valence-electron chi connectivity index (χ2n) is 7.90. The first-order valence-electron chi connectivity index (χ1n) is 7.58. The van der Waals surface area contributed by atoms with Crippen LogP contribution in [0.25, 0.3) is 0 Å². The summed E-state index contributed by atoms with van der Waals surface area (Å²) in [5.41, 5.74) is 0. The molecule has 0 saturated carbocycles. The fourth-order valence-electron chi connectivity index (χ4n) is 2.46. The molecule has 0 bridgehead atoms. The molecule has 5 heteroatoms. The van der Waals surface area contributed by atoms with Crippen molar-refractivity contribution < 1.29 is 18.6 Å². The Morgan fingerprint density at radius 1 is 1.19 bits per heavy atom. The number of terminal acetylenes is 1. The van der Waals surface area contributed by atoms with Crippen molar-refractivity contribution in [3.63, 3.8) is 0 Å². The second kappa shape index (κ2) is 5.36. The first-order valence-corrected chi connectivity index (χ1v) is 10.5. The predicted octanol–water partition coefficient (Wildman–Crippen LogP) is 2.93. The van der Waals surface area contributed by atoms with Crippen LogP contribution in [0.5, 0.6) is 0 Å². The van der Waals surface area contributed by atoms with E-state index in [0.29, 0.717) is 6.61 Å². The standard InChI is InChI=1S/C16H28O4Si/c1-9-11-13-14(20-16(5,6)19-13)12(18-11)10-17-21(7,8)15(2,3)4/h1,11-14H,10H2,2-8H3/t11-,12-,13+,14-/m1/s1. The average Bonchev–Trinajstić information content (AvgIpc) is 2.78. The van der Waals surface area contributed by atoms with Gasteiger partial charge in [-0.05, 0) is 32.0 Å². The third-order valence-corrected chi connectivity index (χ3v) is 9.23. The zero-order chi connectivity index (χ0) is 16.1. The van der Waals surface area contributed by atoms with Crippen molar-refractivity contribution in [1.82, 2.24) is 0 Å². The van der Waals surface area contributed by atoms with E-state index in [1.165, 1.54) is 0 Å². The van der Waals surface area contributed by atoms with E-state index in [4.69, 9.17) is 25.1 Å². The highest BCUT2D eigenvalue weighted by atomic mass is 28.4. The summed E-state index contributed by atoms with van der Waals surface area (Å²) >= 11 is 0. The molecule has 2 rings (SSSR count). The van der Waals surface area contributed by atoms with Crippen LogP contribution in [-0.2, 0) is 18.6 Å². The molecule has 120 valence electrons. The summed E-state index contributed by atoms with van der Waals surface area (Å²) in [6, 6.07) is 0. The Kier molecular flexibility index (Phi) is 4.33. The first kappa shape index (κ1) is 17.0.